The van der Waals surface area contributed by atoms with Gasteiger partial charge in [0.25, 0.3) is 0 Å². The van der Waals surface area contributed by atoms with E-state index in [-0.39, 0.29) is 5.91 Å². The van der Waals surface area contributed by atoms with Crippen LogP contribution in [0.5, 0.6) is 0 Å². The van der Waals surface area contributed by atoms with E-state index in [0.717, 1.165) is 18.4 Å². The summed E-state index contributed by atoms with van der Waals surface area (Å²) >= 11 is 0. The molecule has 0 aliphatic heterocycles. The van der Waals surface area contributed by atoms with Crippen LogP contribution in [-0.4, -0.2) is 5.91 Å². The first-order chi connectivity index (χ1) is 4.30. The van der Waals surface area contributed by atoms with Crippen molar-refractivity contribution in [2.24, 2.45) is 5.73 Å². The number of hydrogen-bond acceptors (Lipinski definition) is 1. The molecule has 9 heavy (non-hydrogen) atoms. The van der Waals surface area contributed by atoms with Crippen molar-refractivity contribution in [1.82, 2.24) is 0 Å². The van der Waals surface area contributed by atoms with Crippen molar-refractivity contribution >= 4 is 5.91 Å². The summed E-state index contributed by atoms with van der Waals surface area (Å²) in [5.41, 5.74) is 5.76. The zero-order chi connectivity index (χ0) is 6.69. The molecule has 2 nitrogen and oxygen atoms in total. The van der Waals surface area contributed by atoms with Crippen LogP contribution in [0.15, 0.2) is 23.8 Å². The van der Waals surface area contributed by atoms with Crippen molar-refractivity contribution in [2.45, 2.75) is 12.8 Å². The molecule has 2 heteroatoms. The fourth-order valence-corrected chi connectivity index (χ4v) is 0.808. The summed E-state index contributed by atoms with van der Waals surface area (Å²) in [7, 11) is 0. The molecule has 0 heterocycles. The van der Waals surface area contributed by atoms with Gasteiger partial charge >= 0.3 is 0 Å². The molecule has 0 aromatic carbocycles. The molecular weight excluding hydrogens is 114 g/mol. The fourth-order valence-electron chi connectivity index (χ4n) is 0.808. The van der Waals surface area contributed by atoms with Gasteiger partial charge in [-0.15, -0.1) is 0 Å². The summed E-state index contributed by atoms with van der Waals surface area (Å²) in [5.74, 6) is -0.292. The van der Waals surface area contributed by atoms with Gasteiger partial charge in [0.05, 0.1) is 0 Å². The van der Waals surface area contributed by atoms with Crippen LogP contribution in [0.4, 0.5) is 0 Å². The minimum absolute atomic E-state index is 0.292. The highest BCUT2D eigenvalue weighted by molar-refractivity contribution is 5.92. The van der Waals surface area contributed by atoms with Gasteiger partial charge in [0.1, 0.15) is 0 Å². The largest absolute Gasteiger partial charge is 0.366 e. The SMILES string of the molecule is NC(=O)C1=CC=CCC1. The molecule has 0 atom stereocenters. The van der Waals surface area contributed by atoms with E-state index in [4.69, 9.17) is 5.73 Å². The Bertz CT molecular complexity index is 179. The van der Waals surface area contributed by atoms with Gasteiger partial charge < -0.3 is 5.73 Å². The average Bonchev–Trinajstić information content (AvgIpc) is 1.90. The highest BCUT2D eigenvalue weighted by Crippen LogP contribution is 2.09. The van der Waals surface area contributed by atoms with Crippen molar-refractivity contribution in [1.29, 1.82) is 0 Å². The molecule has 0 radical (unpaired) electrons. The quantitative estimate of drug-likeness (QED) is 0.549. The van der Waals surface area contributed by atoms with Gasteiger partial charge in [-0.05, 0) is 12.8 Å². The zero-order valence-corrected chi connectivity index (χ0v) is 5.13. The van der Waals surface area contributed by atoms with Gasteiger partial charge in [-0.1, -0.05) is 18.2 Å². The molecule has 48 valence electrons. The third-order valence-corrected chi connectivity index (χ3v) is 1.33. The molecule has 1 rings (SSSR count). The molecule has 1 aliphatic carbocycles. The minimum Gasteiger partial charge on any atom is -0.366 e. The van der Waals surface area contributed by atoms with Crippen LogP contribution in [0.1, 0.15) is 12.8 Å². The number of nitrogens with two attached hydrogens (primary N) is 1. The van der Waals surface area contributed by atoms with Crippen molar-refractivity contribution in [3.8, 4) is 0 Å². The van der Waals surface area contributed by atoms with Crippen LogP contribution >= 0.6 is 0 Å². The predicted molar refractivity (Wildman–Crippen MR) is 35.7 cm³/mol. The number of allylic oxidation sites excluding steroid dienone is 3. The summed E-state index contributed by atoms with van der Waals surface area (Å²) in [6.07, 6.45) is 7.39. The molecule has 0 bridgehead atoms. The normalized spacial score (nSPS) is 17.1. The van der Waals surface area contributed by atoms with Gasteiger partial charge in [-0.3, -0.25) is 4.79 Å². The maximum Gasteiger partial charge on any atom is 0.244 e. The Labute approximate surface area is 54.0 Å². The van der Waals surface area contributed by atoms with E-state index in [1.807, 2.05) is 12.2 Å². The number of carbonyl (C=O) groups is 1. The Hall–Kier alpha value is -1.05. The van der Waals surface area contributed by atoms with Crippen LogP contribution in [0.25, 0.3) is 0 Å². The number of hydrogen-bond donors (Lipinski definition) is 1. The number of amides is 1. The van der Waals surface area contributed by atoms with Crippen LogP contribution in [0, 0.1) is 0 Å². The number of rotatable bonds is 1. The number of primary amides is 1. The first kappa shape index (κ1) is 6.08. The molecule has 0 aromatic heterocycles. The lowest BCUT2D eigenvalue weighted by molar-refractivity contribution is -0.114. The smallest absolute Gasteiger partial charge is 0.244 e. The van der Waals surface area contributed by atoms with Crippen LogP contribution in [-0.2, 0) is 4.79 Å². The molecular formula is C7H9NO. The molecule has 1 amide bonds. The second kappa shape index (κ2) is 2.49. The Morgan fingerprint density at radius 3 is 2.78 bits per heavy atom. The average molecular weight is 123 g/mol. The minimum atomic E-state index is -0.292. The van der Waals surface area contributed by atoms with E-state index >= 15 is 0 Å². The molecule has 1 aliphatic rings. The van der Waals surface area contributed by atoms with Crippen molar-refractivity contribution in [3.63, 3.8) is 0 Å². The van der Waals surface area contributed by atoms with Crippen molar-refractivity contribution < 1.29 is 4.79 Å². The number of carbonyl (C=O) groups excluding carboxylic acids is 1. The van der Waals surface area contributed by atoms with Crippen molar-refractivity contribution in [3.05, 3.63) is 23.8 Å². The van der Waals surface area contributed by atoms with Crippen LogP contribution in [0.2, 0.25) is 0 Å². The van der Waals surface area contributed by atoms with Gasteiger partial charge in [0.15, 0.2) is 0 Å². The summed E-state index contributed by atoms with van der Waals surface area (Å²) in [6.45, 7) is 0. The third kappa shape index (κ3) is 1.42. The Kier molecular flexibility index (Phi) is 1.68. The topological polar surface area (TPSA) is 43.1 Å². The Morgan fingerprint density at radius 1 is 1.67 bits per heavy atom. The van der Waals surface area contributed by atoms with Crippen molar-refractivity contribution in [2.75, 3.05) is 0 Å². The summed E-state index contributed by atoms with van der Waals surface area (Å²) in [6, 6.07) is 0. The molecule has 0 saturated carbocycles. The summed E-state index contributed by atoms with van der Waals surface area (Å²) in [4.78, 5) is 10.5. The third-order valence-electron chi connectivity index (χ3n) is 1.33. The Balaban J connectivity index is 2.68. The molecule has 0 spiro atoms. The lowest BCUT2D eigenvalue weighted by Gasteiger charge is -2.02. The van der Waals surface area contributed by atoms with E-state index in [1.54, 1.807) is 6.08 Å². The predicted octanol–water partition coefficient (Wildman–Crippen LogP) is 0.748. The highest BCUT2D eigenvalue weighted by atomic mass is 16.1. The molecule has 0 saturated heterocycles. The lowest BCUT2D eigenvalue weighted by atomic mass is 10.1. The first-order valence-corrected chi connectivity index (χ1v) is 2.96. The van der Waals surface area contributed by atoms with Crippen LogP contribution in [0.3, 0.4) is 0 Å². The standard InChI is InChI=1S/C7H9NO/c8-7(9)6-4-2-1-3-5-6/h1-2,4H,3,5H2,(H2,8,9). The van der Waals surface area contributed by atoms with Crippen LogP contribution < -0.4 is 5.73 Å². The molecule has 0 aromatic rings. The van der Waals surface area contributed by atoms with E-state index in [1.165, 1.54) is 0 Å². The monoisotopic (exact) mass is 123 g/mol. The Morgan fingerprint density at radius 2 is 2.44 bits per heavy atom. The molecule has 0 unspecified atom stereocenters. The van der Waals surface area contributed by atoms with Gasteiger partial charge in [-0.2, -0.15) is 0 Å². The van der Waals surface area contributed by atoms with E-state index in [2.05, 4.69) is 0 Å². The summed E-state index contributed by atoms with van der Waals surface area (Å²) < 4.78 is 0. The lowest BCUT2D eigenvalue weighted by Crippen LogP contribution is -2.14. The second-order valence-electron chi connectivity index (χ2n) is 2.02. The van der Waals surface area contributed by atoms with E-state index in [9.17, 15) is 4.79 Å². The van der Waals surface area contributed by atoms with E-state index in [0.29, 0.717) is 0 Å². The molecule has 0 fully saturated rings. The maximum absolute atomic E-state index is 10.5. The highest BCUT2D eigenvalue weighted by Gasteiger charge is 2.03. The fraction of sp³-hybridized carbons (Fsp3) is 0.286. The zero-order valence-electron chi connectivity index (χ0n) is 5.13. The second-order valence-corrected chi connectivity index (χ2v) is 2.02. The van der Waals surface area contributed by atoms with E-state index < -0.39 is 0 Å². The van der Waals surface area contributed by atoms with Gasteiger partial charge in [0.2, 0.25) is 5.91 Å². The maximum atomic E-state index is 10.5. The van der Waals surface area contributed by atoms with Gasteiger partial charge in [0, 0.05) is 5.57 Å². The van der Waals surface area contributed by atoms with Gasteiger partial charge in [-0.25, -0.2) is 0 Å². The summed E-state index contributed by atoms with van der Waals surface area (Å²) in [5, 5.41) is 0. The molecule has 2 N–H and O–H groups in total. The first-order valence-electron chi connectivity index (χ1n) is 2.96.